The van der Waals surface area contributed by atoms with Gasteiger partial charge in [0.15, 0.2) is 0 Å². The number of rotatable bonds is 2. The van der Waals surface area contributed by atoms with Crippen LogP contribution in [0.1, 0.15) is 6.42 Å². The van der Waals surface area contributed by atoms with Crippen molar-refractivity contribution >= 4 is 16.0 Å². The first-order chi connectivity index (χ1) is 5.38. The van der Waals surface area contributed by atoms with Gasteiger partial charge in [0.05, 0.1) is 12.7 Å². The highest BCUT2D eigenvalue weighted by atomic mass is 32.2. The van der Waals surface area contributed by atoms with E-state index in [1.165, 1.54) is 4.90 Å². The number of carbonyl (C=O) groups is 1. The molecule has 1 atom stereocenters. The minimum atomic E-state index is -3.43. The predicted octanol–water partition coefficient (Wildman–Crippen LogP) is -0.807. The Bertz CT molecular complexity index is 284. The lowest BCUT2D eigenvalue weighted by Gasteiger charge is -2.08. The topological polar surface area (TPSA) is 63.7 Å². The fraction of sp³-hybridized carbons (Fsp3) is 0.833. The fourth-order valence-electron chi connectivity index (χ4n) is 1.13. The largest absolute Gasteiger partial charge is 0.343 e. The third-order valence-corrected chi connectivity index (χ3v) is 2.24. The van der Waals surface area contributed by atoms with Crippen molar-refractivity contribution in [1.29, 1.82) is 0 Å². The summed E-state index contributed by atoms with van der Waals surface area (Å²) >= 11 is 0. The van der Waals surface area contributed by atoms with Crippen LogP contribution in [-0.2, 0) is 19.1 Å². The molecule has 0 N–H and O–H groups in total. The van der Waals surface area contributed by atoms with E-state index in [2.05, 4.69) is 4.18 Å². The Balaban J connectivity index is 2.54. The van der Waals surface area contributed by atoms with Crippen LogP contribution in [0, 0.1) is 0 Å². The lowest BCUT2D eigenvalue weighted by atomic mass is 10.3. The number of hydrogen-bond acceptors (Lipinski definition) is 4. The molecule has 1 aliphatic rings. The van der Waals surface area contributed by atoms with Crippen LogP contribution in [0.3, 0.4) is 0 Å². The summed E-state index contributed by atoms with van der Waals surface area (Å²) in [5.74, 6) is -0.0800. The first kappa shape index (κ1) is 9.47. The lowest BCUT2D eigenvalue weighted by Crippen LogP contribution is -2.22. The molecule has 1 heterocycles. The highest BCUT2D eigenvalue weighted by Gasteiger charge is 2.29. The highest BCUT2D eigenvalue weighted by Crippen LogP contribution is 2.13. The molecule has 0 unspecified atom stereocenters. The Morgan fingerprint density at radius 2 is 2.17 bits per heavy atom. The second-order valence-corrected chi connectivity index (χ2v) is 4.50. The van der Waals surface area contributed by atoms with Gasteiger partial charge in [-0.1, -0.05) is 0 Å². The van der Waals surface area contributed by atoms with Crippen molar-refractivity contribution in [1.82, 2.24) is 4.90 Å². The molecule has 0 aromatic carbocycles. The third-order valence-electron chi connectivity index (χ3n) is 1.62. The molecule has 1 fully saturated rings. The molecule has 0 aromatic heterocycles. The summed E-state index contributed by atoms with van der Waals surface area (Å²) in [5, 5.41) is 0. The Morgan fingerprint density at radius 1 is 1.58 bits per heavy atom. The second kappa shape index (κ2) is 3.02. The highest BCUT2D eigenvalue weighted by molar-refractivity contribution is 7.86. The van der Waals surface area contributed by atoms with Gasteiger partial charge in [-0.3, -0.25) is 8.98 Å². The van der Waals surface area contributed by atoms with Crippen LogP contribution in [-0.4, -0.2) is 45.2 Å². The van der Waals surface area contributed by atoms with Gasteiger partial charge in [0.25, 0.3) is 10.1 Å². The van der Waals surface area contributed by atoms with E-state index in [-0.39, 0.29) is 12.3 Å². The molecule has 0 saturated carbocycles. The summed E-state index contributed by atoms with van der Waals surface area (Å²) in [6, 6.07) is 0. The van der Waals surface area contributed by atoms with Crippen molar-refractivity contribution in [2.24, 2.45) is 0 Å². The molecule has 0 aromatic rings. The van der Waals surface area contributed by atoms with Crippen LogP contribution >= 0.6 is 0 Å². The van der Waals surface area contributed by atoms with E-state index in [4.69, 9.17) is 0 Å². The number of nitrogens with zero attached hydrogens (tertiary/aromatic N) is 1. The molecule has 0 spiro atoms. The summed E-state index contributed by atoms with van der Waals surface area (Å²) in [7, 11) is -1.81. The molecular weight excluding hydrogens is 182 g/mol. The predicted molar refractivity (Wildman–Crippen MR) is 42.0 cm³/mol. The standard InChI is InChI=1S/C6H11NO4S/c1-7-4-5(3-6(7)8)11-12(2,9)10/h5H,3-4H2,1-2H3/t5-/m0/s1. The Labute approximate surface area is 71.4 Å². The normalized spacial score (nSPS) is 25.0. The van der Waals surface area contributed by atoms with Crippen molar-refractivity contribution in [2.45, 2.75) is 12.5 Å². The summed E-state index contributed by atoms with van der Waals surface area (Å²) in [5.41, 5.74) is 0. The van der Waals surface area contributed by atoms with Crippen molar-refractivity contribution < 1.29 is 17.4 Å². The maximum atomic E-state index is 10.9. The summed E-state index contributed by atoms with van der Waals surface area (Å²) in [4.78, 5) is 12.4. The summed E-state index contributed by atoms with van der Waals surface area (Å²) in [6.45, 7) is 0.353. The van der Waals surface area contributed by atoms with Gasteiger partial charge in [-0.25, -0.2) is 0 Å². The molecule has 5 nitrogen and oxygen atoms in total. The van der Waals surface area contributed by atoms with Gasteiger partial charge in [0.2, 0.25) is 5.91 Å². The quantitative estimate of drug-likeness (QED) is 0.538. The van der Waals surface area contributed by atoms with Crippen molar-refractivity contribution in [2.75, 3.05) is 19.8 Å². The molecule has 1 rings (SSSR count). The minimum absolute atomic E-state index is 0.0800. The maximum absolute atomic E-state index is 10.9. The van der Waals surface area contributed by atoms with Crippen LogP contribution in [0.4, 0.5) is 0 Å². The lowest BCUT2D eigenvalue weighted by molar-refractivity contribution is -0.126. The molecule has 6 heteroatoms. The van der Waals surface area contributed by atoms with Gasteiger partial charge in [-0.05, 0) is 0 Å². The molecule has 1 saturated heterocycles. The van der Waals surface area contributed by atoms with Gasteiger partial charge in [-0.15, -0.1) is 0 Å². The van der Waals surface area contributed by atoms with Crippen LogP contribution < -0.4 is 0 Å². The van der Waals surface area contributed by atoms with Gasteiger partial charge in [-0.2, -0.15) is 8.42 Å². The fourth-order valence-corrected chi connectivity index (χ4v) is 1.76. The van der Waals surface area contributed by atoms with E-state index in [1.807, 2.05) is 0 Å². The van der Waals surface area contributed by atoms with Gasteiger partial charge in [0, 0.05) is 13.6 Å². The average Bonchev–Trinajstić information content (AvgIpc) is 2.07. The summed E-state index contributed by atoms with van der Waals surface area (Å²) < 4.78 is 25.9. The molecule has 12 heavy (non-hydrogen) atoms. The van der Waals surface area contributed by atoms with E-state index in [1.54, 1.807) is 7.05 Å². The SMILES string of the molecule is CN1C[C@@H](OS(C)(=O)=O)CC1=O. The number of likely N-dealkylation sites (N-methyl/N-ethyl adjacent to an activating group) is 1. The average molecular weight is 193 g/mol. The van der Waals surface area contributed by atoms with Crippen LogP contribution in [0.15, 0.2) is 0 Å². The molecule has 1 amide bonds. The van der Waals surface area contributed by atoms with Crippen molar-refractivity contribution in [3.8, 4) is 0 Å². The number of likely N-dealkylation sites (tertiary alicyclic amines) is 1. The molecule has 1 aliphatic heterocycles. The van der Waals surface area contributed by atoms with Gasteiger partial charge in [0.1, 0.15) is 6.10 Å². The van der Waals surface area contributed by atoms with E-state index < -0.39 is 16.2 Å². The summed E-state index contributed by atoms with van der Waals surface area (Å²) in [6.07, 6.45) is 0.636. The van der Waals surface area contributed by atoms with Crippen molar-refractivity contribution in [3.05, 3.63) is 0 Å². The zero-order chi connectivity index (χ0) is 9.35. The van der Waals surface area contributed by atoms with Crippen LogP contribution in [0.25, 0.3) is 0 Å². The Hall–Kier alpha value is -0.620. The molecule has 0 aliphatic carbocycles. The Morgan fingerprint density at radius 3 is 2.50 bits per heavy atom. The van der Waals surface area contributed by atoms with E-state index in [0.29, 0.717) is 6.54 Å². The van der Waals surface area contributed by atoms with E-state index >= 15 is 0 Å². The van der Waals surface area contributed by atoms with Crippen LogP contribution in [0.5, 0.6) is 0 Å². The minimum Gasteiger partial charge on any atom is -0.343 e. The molecule has 0 bridgehead atoms. The molecule has 70 valence electrons. The monoisotopic (exact) mass is 193 g/mol. The van der Waals surface area contributed by atoms with Gasteiger partial charge < -0.3 is 4.90 Å². The third kappa shape index (κ3) is 2.46. The zero-order valence-electron chi connectivity index (χ0n) is 6.98. The smallest absolute Gasteiger partial charge is 0.264 e. The van der Waals surface area contributed by atoms with Crippen LogP contribution in [0.2, 0.25) is 0 Å². The maximum Gasteiger partial charge on any atom is 0.264 e. The van der Waals surface area contributed by atoms with Crippen molar-refractivity contribution in [3.63, 3.8) is 0 Å². The van der Waals surface area contributed by atoms with E-state index in [0.717, 1.165) is 6.26 Å². The zero-order valence-corrected chi connectivity index (χ0v) is 7.80. The van der Waals surface area contributed by atoms with E-state index in [9.17, 15) is 13.2 Å². The second-order valence-electron chi connectivity index (χ2n) is 2.90. The molecule has 0 radical (unpaired) electrons. The number of hydrogen-bond donors (Lipinski definition) is 0. The first-order valence-electron chi connectivity index (χ1n) is 3.51. The first-order valence-corrected chi connectivity index (χ1v) is 5.32. The number of amides is 1. The molecular formula is C6H11NO4S. The number of carbonyl (C=O) groups excluding carboxylic acids is 1. The Kier molecular flexibility index (Phi) is 2.39. The van der Waals surface area contributed by atoms with Gasteiger partial charge >= 0.3 is 0 Å².